The molecule has 102 heavy (non-hydrogen) atoms. The van der Waals surface area contributed by atoms with Crippen molar-refractivity contribution < 1.29 is 80.2 Å². The smallest absolute Gasteiger partial charge is 0.462 e. The standard InChI is InChI=1S/C83H162O17P2/c1-5-9-13-17-21-25-29-32-35-37-38-39-40-41-44-47-50-54-58-62-66-70-83(88)100-79(74-94-81(86)68-64-60-56-52-48-45-43-36-33-30-26-22-18-14-10-6-2)76-98-102(91,92)96-72-77(84)71-95-101(89,90)97-75-78(73-93-80(85)67-63-59-55-51-28-24-20-16-12-8-4)99-82(87)69-65-61-57-53-49-46-42-34-31-27-23-19-15-11-7-3/h77-79,84H,5-76H2,1-4H3,(H,89,90)(H,91,92)/t77-,78+,79+/m0/s1. The van der Waals surface area contributed by atoms with Crippen molar-refractivity contribution in [2.24, 2.45) is 0 Å². The zero-order valence-corrected chi connectivity index (χ0v) is 68.4. The van der Waals surface area contributed by atoms with Crippen LogP contribution in [0.25, 0.3) is 0 Å². The van der Waals surface area contributed by atoms with E-state index >= 15 is 0 Å². The number of phosphoric ester groups is 2. The predicted octanol–water partition coefficient (Wildman–Crippen LogP) is 25.4. The van der Waals surface area contributed by atoms with E-state index < -0.39 is 97.5 Å². The Kier molecular flexibility index (Phi) is 75.8. The zero-order chi connectivity index (χ0) is 74.6. The lowest BCUT2D eigenvalue weighted by molar-refractivity contribution is -0.161. The SMILES string of the molecule is CCCCCCCCCCCCCCCCCCCCCCCC(=O)O[C@H](COC(=O)CCCCCCCCCCCCCCCCCC)COP(=O)(O)OC[C@@H](O)COP(=O)(O)OC[C@@H](COC(=O)CCCCCCCCCCCC)OC(=O)CCCCCCCCCCCCCCCCC. The third-order valence-electron chi connectivity index (χ3n) is 19.6. The molecule has 0 aromatic carbocycles. The summed E-state index contributed by atoms with van der Waals surface area (Å²) in [6, 6.07) is 0. The zero-order valence-electron chi connectivity index (χ0n) is 66.6. The van der Waals surface area contributed by atoms with Gasteiger partial charge in [0.15, 0.2) is 12.2 Å². The number of unbranched alkanes of at least 4 members (excludes halogenated alkanes) is 58. The molecule has 19 heteroatoms. The average Bonchev–Trinajstić information content (AvgIpc) is 0.954. The Morgan fingerprint density at radius 2 is 0.392 bits per heavy atom. The first-order chi connectivity index (χ1) is 49.7. The Bertz CT molecular complexity index is 1930. The van der Waals surface area contributed by atoms with E-state index in [0.717, 1.165) is 89.9 Å². The lowest BCUT2D eigenvalue weighted by Gasteiger charge is -2.21. The maximum Gasteiger partial charge on any atom is 0.472 e. The molecule has 0 radical (unpaired) electrons. The molecule has 0 saturated carbocycles. The Labute approximate surface area is 626 Å². The van der Waals surface area contributed by atoms with Crippen molar-refractivity contribution in [3.8, 4) is 0 Å². The Hall–Kier alpha value is -1.94. The van der Waals surface area contributed by atoms with Crippen molar-refractivity contribution in [2.75, 3.05) is 39.6 Å². The first-order valence-electron chi connectivity index (χ1n) is 43.3. The fraction of sp³-hybridized carbons (Fsp3) is 0.952. The molecule has 0 aliphatic carbocycles. The van der Waals surface area contributed by atoms with Crippen molar-refractivity contribution in [3.05, 3.63) is 0 Å². The van der Waals surface area contributed by atoms with Gasteiger partial charge >= 0.3 is 39.5 Å². The number of carbonyl (C=O) groups excluding carboxylic acids is 4. The lowest BCUT2D eigenvalue weighted by atomic mass is 10.0. The van der Waals surface area contributed by atoms with Gasteiger partial charge in [-0.15, -0.1) is 0 Å². The van der Waals surface area contributed by atoms with Crippen LogP contribution in [0.2, 0.25) is 0 Å². The van der Waals surface area contributed by atoms with Crippen molar-refractivity contribution in [1.29, 1.82) is 0 Å². The largest absolute Gasteiger partial charge is 0.472 e. The average molecular weight is 1490 g/mol. The summed E-state index contributed by atoms with van der Waals surface area (Å²) in [5, 5.41) is 10.7. The molecule has 0 aromatic rings. The van der Waals surface area contributed by atoms with Gasteiger partial charge in [-0.05, 0) is 25.7 Å². The Morgan fingerprint density at radius 3 is 0.578 bits per heavy atom. The van der Waals surface area contributed by atoms with Gasteiger partial charge in [0, 0.05) is 25.7 Å². The monoisotopic (exact) mass is 1490 g/mol. The van der Waals surface area contributed by atoms with E-state index in [1.807, 2.05) is 0 Å². The van der Waals surface area contributed by atoms with Gasteiger partial charge in [-0.3, -0.25) is 37.3 Å². The number of aliphatic hydroxyl groups excluding tert-OH is 1. The minimum atomic E-state index is -4.96. The molecule has 0 aliphatic rings. The van der Waals surface area contributed by atoms with Gasteiger partial charge in [-0.2, -0.15) is 0 Å². The molecule has 0 heterocycles. The Morgan fingerprint density at radius 1 is 0.235 bits per heavy atom. The van der Waals surface area contributed by atoms with Gasteiger partial charge in [0.1, 0.15) is 19.3 Å². The fourth-order valence-corrected chi connectivity index (χ4v) is 14.6. The highest BCUT2D eigenvalue weighted by atomic mass is 31.2. The summed E-state index contributed by atoms with van der Waals surface area (Å²) in [4.78, 5) is 73.1. The third kappa shape index (κ3) is 76.3. The molecule has 0 aromatic heterocycles. The highest BCUT2D eigenvalue weighted by molar-refractivity contribution is 7.47. The number of ether oxygens (including phenoxy) is 4. The van der Waals surface area contributed by atoms with Crippen LogP contribution < -0.4 is 0 Å². The molecule has 0 fully saturated rings. The number of phosphoric acid groups is 2. The molecule has 0 rings (SSSR count). The van der Waals surface area contributed by atoms with Gasteiger partial charge < -0.3 is 33.8 Å². The van der Waals surface area contributed by atoms with E-state index in [1.165, 1.54) is 283 Å². The molecule has 0 aliphatic heterocycles. The van der Waals surface area contributed by atoms with Gasteiger partial charge in [0.05, 0.1) is 26.4 Å². The number of aliphatic hydroxyl groups is 1. The second-order valence-corrected chi connectivity index (χ2v) is 32.8. The van der Waals surface area contributed by atoms with Crippen LogP contribution in [0.4, 0.5) is 0 Å². The van der Waals surface area contributed by atoms with Crippen LogP contribution in [0.3, 0.4) is 0 Å². The number of hydrogen-bond donors (Lipinski definition) is 3. The second-order valence-electron chi connectivity index (χ2n) is 29.9. The van der Waals surface area contributed by atoms with Crippen LogP contribution in [0.1, 0.15) is 451 Å². The molecule has 0 saturated heterocycles. The number of esters is 4. The maximum atomic E-state index is 13.1. The van der Waals surface area contributed by atoms with E-state index in [0.29, 0.717) is 25.7 Å². The number of hydrogen-bond acceptors (Lipinski definition) is 15. The second kappa shape index (κ2) is 77.2. The van der Waals surface area contributed by atoms with Gasteiger partial charge in [-0.25, -0.2) is 9.13 Å². The van der Waals surface area contributed by atoms with Crippen molar-refractivity contribution in [1.82, 2.24) is 0 Å². The first-order valence-corrected chi connectivity index (χ1v) is 46.3. The molecular weight excluding hydrogens is 1330 g/mol. The molecule has 3 N–H and O–H groups in total. The minimum Gasteiger partial charge on any atom is -0.462 e. The summed E-state index contributed by atoms with van der Waals surface area (Å²) in [6.45, 7) is 5.04. The van der Waals surface area contributed by atoms with E-state index in [1.54, 1.807) is 0 Å². The van der Waals surface area contributed by atoms with Crippen LogP contribution in [0.15, 0.2) is 0 Å². The van der Waals surface area contributed by atoms with Crippen LogP contribution >= 0.6 is 15.6 Å². The molecule has 17 nitrogen and oxygen atoms in total. The van der Waals surface area contributed by atoms with Crippen LogP contribution in [-0.2, 0) is 65.4 Å². The maximum absolute atomic E-state index is 13.1. The van der Waals surface area contributed by atoms with Crippen molar-refractivity contribution in [3.63, 3.8) is 0 Å². The summed E-state index contributed by atoms with van der Waals surface area (Å²) >= 11 is 0. The molecule has 5 atom stereocenters. The molecule has 2 unspecified atom stereocenters. The summed E-state index contributed by atoms with van der Waals surface area (Å²) in [6.07, 6.45) is 70.8. The minimum absolute atomic E-state index is 0.109. The van der Waals surface area contributed by atoms with Crippen LogP contribution in [0.5, 0.6) is 0 Å². The lowest BCUT2D eigenvalue weighted by Crippen LogP contribution is -2.30. The number of carbonyl (C=O) groups is 4. The predicted molar refractivity (Wildman–Crippen MR) is 419 cm³/mol. The summed E-state index contributed by atoms with van der Waals surface area (Å²) in [5.41, 5.74) is 0. The number of rotatable bonds is 84. The first kappa shape index (κ1) is 100. The topological polar surface area (TPSA) is 237 Å². The van der Waals surface area contributed by atoms with Crippen molar-refractivity contribution in [2.45, 2.75) is 470 Å². The van der Waals surface area contributed by atoms with Gasteiger partial charge in [-0.1, -0.05) is 400 Å². The summed E-state index contributed by atoms with van der Waals surface area (Å²) in [7, 11) is -9.92. The summed E-state index contributed by atoms with van der Waals surface area (Å²) < 4.78 is 68.8. The Balaban J connectivity index is 5.22. The molecule has 0 spiro atoms. The third-order valence-corrected chi connectivity index (χ3v) is 21.5. The highest BCUT2D eigenvalue weighted by Crippen LogP contribution is 2.45. The van der Waals surface area contributed by atoms with Crippen LogP contribution in [-0.4, -0.2) is 96.7 Å². The van der Waals surface area contributed by atoms with E-state index in [9.17, 15) is 43.2 Å². The van der Waals surface area contributed by atoms with Crippen LogP contribution in [0, 0.1) is 0 Å². The normalized spacial score (nSPS) is 13.8. The molecular formula is C83H162O17P2. The molecule has 0 bridgehead atoms. The summed E-state index contributed by atoms with van der Waals surface area (Å²) in [5.74, 6) is -2.10. The molecule has 606 valence electrons. The highest BCUT2D eigenvalue weighted by Gasteiger charge is 2.30. The van der Waals surface area contributed by atoms with E-state index in [4.69, 9.17) is 37.0 Å². The van der Waals surface area contributed by atoms with Crippen molar-refractivity contribution >= 4 is 39.5 Å². The molecule has 0 amide bonds. The van der Waals surface area contributed by atoms with Gasteiger partial charge in [0.25, 0.3) is 0 Å². The fourth-order valence-electron chi connectivity index (χ4n) is 13.0. The quantitative estimate of drug-likeness (QED) is 0.0222. The van der Waals surface area contributed by atoms with E-state index in [2.05, 4.69) is 27.7 Å². The van der Waals surface area contributed by atoms with Gasteiger partial charge in [0.2, 0.25) is 0 Å². The van der Waals surface area contributed by atoms with E-state index in [-0.39, 0.29) is 25.7 Å².